The van der Waals surface area contributed by atoms with Crippen molar-refractivity contribution in [3.05, 3.63) is 56.8 Å². The molecule has 0 radical (unpaired) electrons. The third kappa shape index (κ3) is 4.10. The van der Waals surface area contributed by atoms with Crippen LogP contribution in [0.2, 0.25) is 0 Å². The predicted molar refractivity (Wildman–Crippen MR) is 118 cm³/mol. The molecule has 1 atom stereocenters. The van der Waals surface area contributed by atoms with Crippen molar-refractivity contribution >= 4 is 39.3 Å². The summed E-state index contributed by atoms with van der Waals surface area (Å²) in [5, 5.41) is 17.4. The Bertz CT molecular complexity index is 1230. The van der Waals surface area contributed by atoms with Gasteiger partial charge in [-0.05, 0) is 47.3 Å². The molecule has 4 rings (SSSR count). The maximum absolute atomic E-state index is 12.9. The summed E-state index contributed by atoms with van der Waals surface area (Å²) in [4.78, 5) is 26.6. The topological polar surface area (TPSA) is 117 Å². The average molecular weight is 506 g/mol. The number of hydrogen-bond acceptors (Lipinski definition) is 7. The van der Waals surface area contributed by atoms with Gasteiger partial charge in [-0.3, -0.25) is 9.78 Å². The molecule has 2 heterocycles. The summed E-state index contributed by atoms with van der Waals surface area (Å²) in [6.07, 6.45) is 1.33. The number of anilines is 1. The summed E-state index contributed by atoms with van der Waals surface area (Å²) in [5.41, 5.74) is 2.43. The van der Waals surface area contributed by atoms with Gasteiger partial charge in [0.25, 0.3) is 6.17 Å². The summed E-state index contributed by atoms with van der Waals surface area (Å²) >= 11 is 4.79. The normalized spacial score (nSPS) is 14.2. The van der Waals surface area contributed by atoms with E-state index in [2.05, 4.69) is 31.3 Å². The lowest BCUT2D eigenvalue weighted by molar-refractivity contribution is -0.759. The standard InChI is InChI=1S/C20H17BrN4O5S/c1-29-15-7-10(3-6-14(15)30-9-16(26)27)18-22-13-5-4-11(21)8-12(13)17-19(28)23-20(31-2)24-25(17)18/h3-8,18H,9H2,1-2H3,(H2,23,24,26,27,28)/p+1/t18-/m1/s1. The van der Waals surface area contributed by atoms with Gasteiger partial charge >= 0.3 is 17.2 Å². The van der Waals surface area contributed by atoms with Gasteiger partial charge in [-0.2, -0.15) is 0 Å². The number of halogens is 1. The van der Waals surface area contributed by atoms with Gasteiger partial charge < -0.3 is 19.9 Å². The van der Waals surface area contributed by atoms with Gasteiger partial charge in [-0.1, -0.05) is 27.7 Å². The lowest BCUT2D eigenvalue weighted by Gasteiger charge is -2.23. The molecule has 0 saturated carbocycles. The Labute approximate surface area is 189 Å². The average Bonchev–Trinajstić information content (AvgIpc) is 2.76. The fourth-order valence-electron chi connectivity index (χ4n) is 3.34. The SMILES string of the molecule is COc1cc([C@@H]2Nc3ccc(Br)cc3-c3c(=O)[nH]c(SC)n[n+]32)ccc1OCC(=O)O. The Morgan fingerprint density at radius 3 is 2.81 bits per heavy atom. The molecule has 0 bridgehead atoms. The third-order valence-corrected chi connectivity index (χ3v) is 5.75. The number of fused-ring (bicyclic) bond motifs is 3. The number of carbonyl (C=O) groups is 1. The molecule has 0 aliphatic carbocycles. The minimum absolute atomic E-state index is 0.251. The van der Waals surface area contributed by atoms with Gasteiger partial charge in [0, 0.05) is 15.1 Å². The summed E-state index contributed by atoms with van der Waals surface area (Å²) in [6.45, 7) is -0.481. The van der Waals surface area contributed by atoms with E-state index in [0.29, 0.717) is 22.3 Å². The first-order valence-electron chi connectivity index (χ1n) is 9.10. The molecule has 0 amide bonds. The minimum atomic E-state index is -1.08. The number of aromatic amines is 1. The number of hydrogen-bond donors (Lipinski definition) is 3. The summed E-state index contributed by atoms with van der Waals surface area (Å²) in [6, 6.07) is 10.8. The van der Waals surface area contributed by atoms with Crippen molar-refractivity contribution in [2.24, 2.45) is 0 Å². The van der Waals surface area contributed by atoms with Crippen LogP contribution in [-0.2, 0) is 4.79 Å². The number of thioether (sulfide) groups is 1. The molecular formula is C20H18BrN4O5S+. The van der Waals surface area contributed by atoms with Crippen molar-refractivity contribution in [1.29, 1.82) is 0 Å². The number of ether oxygens (including phenoxy) is 2. The first-order chi connectivity index (χ1) is 14.9. The van der Waals surface area contributed by atoms with Gasteiger partial charge in [0.05, 0.1) is 18.4 Å². The van der Waals surface area contributed by atoms with Crippen LogP contribution in [0.4, 0.5) is 5.69 Å². The van der Waals surface area contributed by atoms with Gasteiger partial charge in [0.15, 0.2) is 18.1 Å². The Balaban J connectivity index is 1.85. The third-order valence-electron chi connectivity index (χ3n) is 4.68. The van der Waals surface area contributed by atoms with Gasteiger partial charge in [-0.25, -0.2) is 4.79 Å². The Hall–Kier alpha value is -3.05. The van der Waals surface area contributed by atoms with E-state index in [0.717, 1.165) is 21.3 Å². The van der Waals surface area contributed by atoms with Crippen molar-refractivity contribution in [1.82, 2.24) is 10.1 Å². The number of H-pyrrole nitrogens is 1. The largest absolute Gasteiger partial charge is 0.493 e. The highest BCUT2D eigenvalue weighted by molar-refractivity contribution is 9.10. The zero-order chi connectivity index (χ0) is 22.1. The van der Waals surface area contributed by atoms with Crippen LogP contribution < -0.4 is 25.0 Å². The van der Waals surface area contributed by atoms with Crippen molar-refractivity contribution in [2.75, 3.05) is 25.3 Å². The number of carboxylic acid groups (broad SMARTS) is 1. The Kier molecular flexibility index (Phi) is 5.88. The molecule has 0 saturated heterocycles. The summed E-state index contributed by atoms with van der Waals surface area (Å²) in [7, 11) is 1.48. The molecule has 160 valence electrons. The van der Waals surface area contributed by atoms with Crippen LogP contribution in [0.15, 0.2) is 50.8 Å². The molecule has 1 aliphatic heterocycles. The van der Waals surface area contributed by atoms with E-state index in [1.807, 2.05) is 24.5 Å². The number of aliphatic carboxylic acids is 1. The number of nitrogens with zero attached hydrogens (tertiary/aromatic N) is 2. The number of nitrogens with one attached hydrogen (secondary N) is 2. The maximum Gasteiger partial charge on any atom is 0.341 e. The number of rotatable bonds is 6. The first kappa shape index (κ1) is 21.2. The van der Waals surface area contributed by atoms with E-state index in [9.17, 15) is 9.59 Å². The highest BCUT2D eigenvalue weighted by atomic mass is 79.9. The van der Waals surface area contributed by atoms with E-state index >= 15 is 0 Å². The second kappa shape index (κ2) is 8.60. The molecule has 0 fully saturated rings. The van der Waals surface area contributed by atoms with Gasteiger partial charge in [0.2, 0.25) is 5.16 Å². The molecular weight excluding hydrogens is 488 g/mol. The molecule has 1 aliphatic rings. The number of methoxy groups -OCH3 is 1. The molecule has 3 N–H and O–H groups in total. The molecule has 11 heteroatoms. The predicted octanol–water partition coefficient (Wildman–Crippen LogP) is 2.65. The molecule has 31 heavy (non-hydrogen) atoms. The smallest absolute Gasteiger partial charge is 0.341 e. The van der Waals surface area contributed by atoms with Crippen molar-refractivity contribution in [2.45, 2.75) is 11.3 Å². The second-order valence-corrected chi connectivity index (χ2v) is 8.30. The summed E-state index contributed by atoms with van der Waals surface area (Å²) < 4.78 is 13.2. The molecule has 9 nitrogen and oxygen atoms in total. The fraction of sp³-hybridized carbons (Fsp3) is 0.200. The number of carboxylic acids is 1. The second-order valence-electron chi connectivity index (χ2n) is 6.59. The quantitative estimate of drug-likeness (QED) is 0.345. The fourth-order valence-corrected chi connectivity index (χ4v) is 4.07. The van der Waals surface area contributed by atoms with Crippen molar-refractivity contribution in [3.8, 4) is 22.8 Å². The van der Waals surface area contributed by atoms with Crippen LogP contribution >= 0.6 is 27.7 Å². The lowest BCUT2D eigenvalue weighted by atomic mass is 10.0. The van der Waals surface area contributed by atoms with Gasteiger partial charge in [-0.15, -0.1) is 0 Å². The van der Waals surface area contributed by atoms with Crippen molar-refractivity contribution < 1.29 is 24.1 Å². The zero-order valence-electron chi connectivity index (χ0n) is 16.5. The van der Waals surface area contributed by atoms with Crippen LogP contribution in [0.3, 0.4) is 0 Å². The van der Waals surface area contributed by atoms with E-state index in [4.69, 9.17) is 14.6 Å². The molecule has 3 aromatic rings. The van der Waals surface area contributed by atoms with E-state index in [1.165, 1.54) is 18.9 Å². The zero-order valence-corrected chi connectivity index (χ0v) is 18.9. The van der Waals surface area contributed by atoms with Crippen LogP contribution in [0.5, 0.6) is 11.5 Å². The van der Waals surface area contributed by atoms with Crippen LogP contribution in [0, 0.1) is 0 Å². The Morgan fingerprint density at radius 2 is 2.10 bits per heavy atom. The van der Waals surface area contributed by atoms with Gasteiger partial charge in [0.1, 0.15) is 0 Å². The van der Waals surface area contributed by atoms with E-state index in [1.54, 1.807) is 22.9 Å². The van der Waals surface area contributed by atoms with Crippen LogP contribution in [-0.4, -0.2) is 41.1 Å². The van der Waals surface area contributed by atoms with Crippen molar-refractivity contribution in [3.63, 3.8) is 0 Å². The summed E-state index contributed by atoms with van der Waals surface area (Å²) in [5.74, 6) is -0.401. The molecule has 1 aromatic heterocycles. The lowest BCUT2D eigenvalue weighted by Crippen LogP contribution is -2.55. The molecule has 0 spiro atoms. The molecule has 0 unspecified atom stereocenters. The monoisotopic (exact) mass is 505 g/mol. The van der Waals surface area contributed by atoms with E-state index in [-0.39, 0.29) is 5.56 Å². The first-order valence-corrected chi connectivity index (χ1v) is 11.1. The number of aromatic nitrogens is 3. The van der Waals surface area contributed by atoms with E-state index < -0.39 is 18.7 Å². The highest BCUT2D eigenvalue weighted by Gasteiger charge is 2.38. The minimum Gasteiger partial charge on any atom is -0.493 e. The molecule has 2 aromatic carbocycles. The highest BCUT2D eigenvalue weighted by Crippen LogP contribution is 2.36. The number of benzene rings is 2. The van der Waals surface area contributed by atoms with Crippen LogP contribution in [0.1, 0.15) is 11.7 Å². The van der Waals surface area contributed by atoms with Crippen LogP contribution in [0.25, 0.3) is 11.3 Å². The Morgan fingerprint density at radius 1 is 1.29 bits per heavy atom. The maximum atomic E-state index is 12.9.